The van der Waals surface area contributed by atoms with Crippen molar-refractivity contribution in [3.63, 3.8) is 0 Å². The van der Waals surface area contributed by atoms with Gasteiger partial charge in [-0.2, -0.15) is 0 Å². The molecule has 0 amide bonds. The third-order valence-electron chi connectivity index (χ3n) is 3.36. The molecule has 0 unspecified atom stereocenters. The van der Waals surface area contributed by atoms with Gasteiger partial charge in [0.05, 0.1) is 5.52 Å². The molecule has 0 fully saturated rings. The van der Waals surface area contributed by atoms with Crippen molar-refractivity contribution in [3.05, 3.63) is 73.4 Å². The maximum absolute atomic E-state index is 12.7. The minimum atomic E-state index is -3.74. The molecule has 1 N–H and O–H groups in total. The van der Waals surface area contributed by atoms with Crippen molar-refractivity contribution in [1.82, 2.24) is 4.98 Å². The Balaban J connectivity index is 1.89. The first-order chi connectivity index (χ1) is 11.6. The first-order valence-electron chi connectivity index (χ1n) is 7.30. The fourth-order valence-electron chi connectivity index (χ4n) is 2.28. The summed E-state index contributed by atoms with van der Waals surface area (Å²) in [5.74, 6) is 0.643. The topological polar surface area (TPSA) is 68.3 Å². The number of para-hydroxylation sites is 1. The summed E-state index contributed by atoms with van der Waals surface area (Å²) in [7, 11) is -3.74. The molecule has 0 aliphatic heterocycles. The monoisotopic (exact) mass is 340 g/mol. The van der Waals surface area contributed by atoms with Crippen molar-refractivity contribution in [2.45, 2.75) is 4.90 Å². The Kier molecular flexibility index (Phi) is 4.48. The lowest BCUT2D eigenvalue weighted by atomic mass is 10.2. The molecule has 0 aliphatic rings. The second kappa shape index (κ2) is 6.72. The minimum absolute atomic E-state index is 0.146. The molecule has 3 aromatic rings. The van der Waals surface area contributed by atoms with Crippen LogP contribution < -0.4 is 9.46 Å². The van der Waals surface area contributed by atoms with Crippen molar-refractivity contribution < 1.29 is 13.2 Å². The van der Waals surface area contributed by atoms with Gasteiger partial charge < -0.3 is 4.74 Å². The number of anilines is 1. The Morgan fingerprint density at radius 2 is 1.83 bits per heavy atom. The Morgan fingerprint density at radius 3 is 2.58 bits per heavy atom. The van der Waals surface area contributed by atoms with Crippen LogP contribution in [0.2, 0.25) is 0 Å². The third kappa shape index (κ3) is 3.38. The molecular formula is C18H16N2O3S. The van der Waals surface area contributed by atoms with Gasteiger partial charge in [-0.3, -0.25) is 9.71 Å². The maximum atomic E-state index is 12.7. The minimum Gasteiger partial charge on any atom is -0.490 e. The first kappa shape index (κ1) is 16.0. The Labute approximate surface area is 140 Å². The molecule has 122 valence electrons. The van der Waals surface area contributed by atoms with E-state index in [0.29, 0.717) is 23.6 Å². The molecule has 3 rings (SSSR count). The van der Waals surface area contributed by atoms with Crippen LogP contribution in [0.15, 0.2) is 78.3 Å². The van der Waals surface area contributed by atoms with Crippen molar-refractivity contribution >= 4 is 26.6 Å². The van der Waals surface area contributed by atoms with Crippen LogP contribution in [0.1, 0.15) is 0 Å². The Morgan fingerprint density at radius 1 is 1.08 bits per heavy atom. The predicted molar refractivity (Wildman–Crippen MR) is 94.7 cm³/mol. The van der Waals surface area contributed by atoms with Crippen LogP contribution >= 0.6 is 0 Å². The van der Waals surface area contributed by atoms with E-state index in [1.54, 1.807) is 54.7 Å². The average Bonchev–Trinajstić information content (AvgIpc) is 2.60. The molecule has 0 radical (unpaired) electrons. The molecule has 5 nitrogen and oxygen atoms in total. The number of hydrogen-bond acceptors (Lipinski definition) is 4. The number of pyridine rings is 1. The van der Waals surface area contributed by atoms with Crippen LogP contribution in [-0.2, 0) is 10.0 Å². The maximum Gasteiger partial charge on any atom is 0.264 e. The van der Waals surface area contributed by atoms with E-state index in [1.807, 2.05) is 12.1 Å². The van der Waals surface area contributed by atoms with Crippen LogP contribution in [0.25, 0.3) is 10.9 Å². The highest BCUT2D eigenvalue weighted by molar-refractivity contribution is 7.93. The van der Waals surface area contributed by atoms with E-state index in [-0.39, 0.29) is 4.90 Å². The van der Waals surface area contributed by atoms with Gasteiger partial charge in [-0.25, -0.2) is 8.42 Å². The molecule has 1 aromatic heterocycles. The molecular weight excluding hydrogens is 324 g/mol. The zero-order valence-corrected chi connectivity index (χ0v) is 13.7. The van der Waals surface area contributed by atoms with E-state index >= 15 is 0 Å². The van der Waals surface area contributed by atoms with E-state index < -0.39 is 10.0 Å². The predicted octanol–water partition coefficient (Wildman–Crippen LogP) is 3.60. The summed E-state index contributed by atoms with van der Waals surface area (Å²) in [4.78, 5) is 4.33. The van der Waals surface area contributed by atoms with Crippen molar-refractivity contribution in [2.24, 2.45) is 0 Å². The second-order valence-corrected chi connectivity index (χ2v) is 6.71. The molecule has 1 heterocycles. The Hall–Kier alpha value is -2.86. The van der Waals surface area contributed by atoms with E-state index in [2.05, 4.69) is 16.3 Å². The molecule has 0 atom stereocenters. The van der Waals surface area contributed by atoms with Crippen LogP contribution in [0.4, 0.5) is 5.69 Å². The van der Waals surface area contributed by atoms with Gasteiger partial charge in [-0.15, -0.1) is 0 Å². The number of hydrogen-bond donors (Lipinski definition) is 1. The van der Waals surface area contributed by atoms with Gasteiger partial charge in [0.15, 0.2) is 0 Å². The molecule has 2 aromatic carbocycles. The van der Waals surface area contributed by atoms with Crippen molar-refractivity contribution in [1.29, 1.82) is 0 Å². The second-order valence-electron chi connectivity index (χ2n) is 5.06. The average molecular weight is 340 g/mol. The SMILES string of the molecule is C=CCOc1ccc(NS(=O)(=O)c2cccc3cccnc23)cc1. The first-order valence-corrected chi connectivity index (χ1v) is 8.79. The standard InChI is InChI=1S/C18H16N2O3S/c1-2-13-23-16-10-8-15(9-11-16)20-24(21,22)17-7-3-5-14-6-4-12-19-18(14)17/h2-12,20H,1,13H2. The van der Waals surface area contributed by atoms with Crippen molar-refractivity contribution in [3.8, 4) is 5.75 Å². The summed E-state index contributed by atoms with van der Waals surface area (Å²) in [5, 5.41) is 0.772. The van der Waals surface area contributed by atoms with Crippen LogP contribution in [0, 0.1) is 0 Å². The van der Waals surface area contributed by atoms with Gasteiger partial charge in [-0.1, -0.05) is 30.9 Å². The molecule has 0 bridgehead atoms. The number of rotatable bonds is 6. The van der Waals surface area contributed by atoms with Gasteiger partial charge in [0.2, 0.25) is 0 Å². The summed E-state index contributed by atoms with van der Waals surface area (Å²) in [6.45, 7) is 3.97. The highest BCUT2D eigenvalue weighted by atomic mass is 32.2. The van der Waals surface area contributed by atoms with E-state index in [4.69, 9.17) is 4.74 Å². The number of sulfonamides is 1. The summed E-state index contributed by atoms with van der Waals surface area (Å²) < 4.78 is 33.3. The number of benzene rings is 2. The third-order valence-corrected chi connectivity index (χ3v) is 4.77. The zero-order chi connectivity index (χ0) is 17.0. The lowest BCUT2D eigenvalue weighted by molar-refractivity contribution is 0.363. The fraction of sp³-hybridized carbons (Fsp3) is 0.0556. The van der Waals surface area contributed by atoms with Gasteiger partial charge in [-0.05, 0) is 36.4 Å². The number of fused-ring (bicyclic) bond motifs is 1. The van der Waals surface area contributed by atoms with Gasteiger partial charge in [0, 0.05) is 17.3 Å². The highest BCUT2D eigenvalue weighted by Crippen LogP contribution is 2.24. The highest BCUT2D eigenvalue weighted by Gasteiger charge is 2.18. The van der Waals surface area contributed by atoms with Gasteiger partial charge in [0.1, 0.15) is 17.3 Å². The normalized spacial score (nSPS) is 11.2. The summed E-state index contributed by atoms with van der Waals surface area (Å²) in [5.41, 5.74) is 0.896. The number of nitrogens with zero attached hydrogens (tertiary/aromatic N) is 1. The number of ether oxygens (including phenoxy) is 1. The summed E-state index contributed by atoms with van der Waals surface area (Å²) in [6.07, 6.45) is 3.22. The van der Waals surface area contributed by atoms with Crippen LogP contribution in [0.3, 0.4) is 0 Å². The quantitative estimate of drug-likeness (QED) is 0.696. The van der Waals surface area contributed by atoms with Gasteiger partial charge >= 0.3 is 0 Å². The summed E-state index contributed by atoms with van der Waals surface area (Å²) in [6, 6.07) is 15.4. The molecule has 0 saturated carbocycles. The zero-order valence-electron chi connectivity index (χ0n) is 12.8. The van der Waals surface area contributed by atoms with Crippen LogP contribution in [-0.4, -0.2) is 20.0 Å². The Bertz CT molecular complexity index is 962. The lowest BCUT2D eigenvalue weighted by Gasteiger charge is -2.10. The van der Waals surface area contributed by atoms with E-state index in [1.165, 1.54) is 0 Å². The van der Waals surface area contributed by atoms with E-state index in [0.717, 1.165) is 5.39 Å². The van der Waals surface area contributed by atoms with Gasteiger partial charge in [0.25, 0.3) is 10.0 Å². The number of nitrogens with one attached hydrogen (secondary N) is 1. The van der Waals surface area contributed by atoms with Crippen LogP contribution in [0.5, 0.6) is 5.75 Å². The summed E-state index contributed by atoms with van der Waals surface area (Å²) >= 11 is 0. The molecule has 6 heteroatoms. The van der Waals surface area contributed by atoms with Crippen molar-refractivity contribution in [2.75, 3.05) is 11.3 Å². The largest absolute Gasteiger partial charge is 0.490 e. The molecule has 0 spiro atoms. The number of aromatic nitrogens is 1. The molecule has 0 saturated heterocycles. The molecule has 24 heavy (non-hydrogen) atoms. The smallest absolute Gasteiger partial charge is 0.264 e. The van der Waals surface area contributed by atoms with E-state index in [9.17, 15) is 8.42 Å². The molecule has 0 aliphatic carbocycles. The fourth-order valence-corrected chi connectivity index (χ4v) is 3.52. The lowest BCUT2D eigenvalue weighted by Crippen LogP contribution is -2.13.